The highest BCUT2D eigenvalue weighted by Crippen LogP contribution is 2.35. The highest BCUT2D eigenvalue weighted by Gasteiger charge is 2.21. The molecule has 0 aliphatic carbocycles. The Morgan fingerprint density at radius 2 is 2.35 bits per heavy atom. The summed E-state index contributed by atoms with van der Waals surface area (Å²) in [5.74, 6) is 1.05. The third-order valence-electron chi connectivity index (χ3n) is 2.97. The Labute approximate surface area is 106 Å². The van der Waals surface area contributed by atoms with E-state index in [9.17, 15) is 4.79 Å². The summed E-state index contributed by atoms with van der Waals surface area (Å²) in [7, 11) is 0. The molecule has 0 saturated carbocycles. The number of thioether (sulfide) groups is 1. The van der Waals surface area contributed by atoms with Gasteiger partial charge in [0.15, 0.2) is 0 Å². The van der Waals surface area contributed by atoms with E-state index >= 15 is 0 Å². The molecule has 1 amide bonds. The zero-order valence-electron chi connectivity index (χ0n) is 9.98. The molecule has 0 radical (unpaired) electrons. The topological polar surface area (TPSA) is 55.1 Å². The SMILES string of the molecule is C[C@@H](N)C(=O)NCC1SCCc2ccccc21. The number of carbonyl (C=O) groups is 1. The molecule has 1 aromatic rings. The fourth-order valence-corrected chi connectivity index (χ4v) is 3.23. The number of benzene rings is 1. The van der Waals surface area contributed by atoms with Crippen molar-refractivity contribution in [2.45, 2.75) is 24.6 Å². The van der Waals surface area contributed by atoms with E-state index in [1.54, 1.807) is 6.92 Å². The van der Waals surface area contributed by atoms with Crippen LogP contribution in [0.4, 0.5) is 0 Å². The fourth-order valence-electron chi connectivity index (χ4n) is 2.00. The molecular weight excluding hydrogens is 232 g/mol. The zero-order chi connectivity index (χ0) is 12.3. The predicted molar refractivity (Wildman–Crippen MR) is 72.0 cm³/mol. The molecule has 92 valence electrons. The molecule has 2 rings (SSSR count). The molecule has 1 aliphatic heterocycles. The lowest BCUT2D eigenvalue weighted by Gasteiger charge is -2.25. The van der Waals surface area contributed by atoms with Crippen LogP contribution < -0.4 is 11.1 Å². The van der Waals surface area contributed by atoms with E-state index in [0.717, 1.165) is 12.2 Å². The summed E-state index contributed by atoms with van der Waals surface area (Å²) >= 11 is 1.90. The van der Waals surface area contributed by atoms with E-state index in [1.165, 1.54) is 11.1 Å². The first-order chi connectivity index (χ1) is 8.18. The minimum Gasteiger partial charge on any atom is -0.353 e. The van der Waals surface area contributed by atoms with Gasteiger partial charge in [0.1, 0.15) is 0 Å². The van der Waals surface area contributed by atoms with Crippen molar-refractivity contribution in [2.75, 3.05) is 12.3 Å². The summed E-state index contributed by atoms with van der Waals surface area (Å²) in [4.78, 5) is 11.5. The van der Waals surface area contributed by atoms with E-state index in [1.807, 2.05) is 11.8 Å². The molecule has 1 unspecified atom stereocenters. The standard InChI is InChI=1S/C13H18N2OS/c1-9(14)13(16)15-8-12-11-5-3-2-4-10(11)6-7-17-12/h2-5,9,12H,6-8,14H2,1H3,(H,15,16)/t9-,12?/m1/s1. The van der Waals surface area contributed by atoms with Gasteiger partial charge >= 0.3 is 0 Å². The van der Waals surface area contributed by atoms with Gasteiger partial charge in [-0.2, -0.15) is 11.8 Å². The maximum absolute atomic E-state index is 11.5. The molecule has 0 spiro atoms. The van der Waals surface area contributed by atoms with Crippen LogP contribution in [0.2, 0.25) is 0 Å². The Bertz CT molecular complexity index is 406. The summed E-state index contributed by atoms with van der Waals surface area (Å²) in [6.45, 7) is 2.37. The molecule has 0 fully saturated rings. The maximum atomic E-state index is 11.5. The number of amides is 1. The molecule has 0 bridgehead atoms. The van der Waals surface area contributed by atoms with Gasteiger partial charge < -0.3 is 11.1 Å². The van der Waals surface area contributed by atoms with E-state index in [0.29, 0.717) is 11.8 Å². The molecule has 3 nitrogen and oxygen atoms in total. The Hall–Kier alpha value is -1.00. The van der Waals surface area contributed by atoms with Gasteiger partial charge in [0.05, 0.1) is 6.04 Å². The number of hydrogen-bond donors (Lipinski definition) is 2. The molecule has 2 atom stereocenters. The fraction of sp³-hybridized carbons (Fsp3) is 0.462. The summed E-state index contributed by atoms with van der Waals surface area (Å²) < 4.78 is 0. The summed E-state index contributed by atoms with van der Waals surface area (Å²) in [5.41, 5.74) is 8.29. The number of fused-ring (bicyclic) bond motifs is 1. The lowest BCUT2D eigenvalue weighted by molar-refractivity contribution is -0.121. The molecule has 3 N–H and O–H groups in total. The molecular formula is C13H18N2OS. The molecule has 1 aliphatic rings. The number of nitrogens with one attached hydrogen (secondary N) is 1. The van der Waals surface area contributed by atoms with Crippen LogP contribution in [0, 0.1) is 0 Å². The monoisotopic (exact) mass is 250 g/mol. The van der Waals surface area contributed by atoms with Crippen molar-refractivity contribution in [2.24, 2.45) is 5.73 Å². The predicted octanol–water partition coefficient (Wildman–Crippen LogP) is 1.48. The van der Waals surface area contributed by atoms with Crippen molar-refractivity contribution in [3.8, 4) is 0 Å². The average Bonchev–Trinajstić information content (AvgIpc) is 2.35. The van der Waals surface area contributed by atoms with Crippen LogP contribution in [0.3, 0.4) is 0 Å². The second-order valence-corrected chi connectivity index (χ2v) is 5.65. The molecule has 1 heterocycles. The van der Waals surface area contributed by atoms with Crippen molar-refractivity contribution >= 4 is 17.7 Å². The highest BCUT2D eigenvalue weighted by molar-refractivity contribution is 7.99. The van der Waals surface area contributed by atoms with Gasteiger partial charge in [0.2, 0.25) is 5.91 Å². The number of nitrogens with two attached hydrogens (primary N) is 1. The lowest BCUT2D eigenvalue weighted by atomic mass is 10.0. The van der Waals surface area contributed by atoms with Crippen LogP contribution in [0.15, 0.2) is 24.3 Å². The molecule has 4 heteroatoms. The Morgan fingerprint density at radius 3 is 3.12 bits per heavy atom. The first-order valence-corrected chi connectivity index (χ1v) is 6.96. The van der Waals surface area contributed by atoms with Crippen molar-refractivity contribution in [3.63, 3.8) is 0 Å². The zero-order valence-corrected chi connectivity index (χ0v) is 10.8. The minimum atomic E-state index is -0.432. The van der Waals surface area contributed by atoms with Crippen LogP contribution in [-0.4, -0.2) is 24.2 Å². The number of aryl methyl sites for hydroxylation is 1. The van der Waals surface area contributed by atoms with E-state index in [4.69, 9.17) is 5.73 Å². The summed E-state index contributed by atoms with van der Waals surface area (Å²) in [5, 5.41) is 3.27. The second-order valence-electron chi connectivity index (χ2n) is 4.34. The molecule has 1 aromatic carbocycles. The lowest BCUT2D eigenvalue weighted by Crippen LogP contribution is -2.40. The minimum absolute atomic E-state index is 0.0753. The van der Waals surface area contributed by atoms with Crippen LogP contribution in [-0.2, 0) is 11.2 Å². The van der Waals surface area contributed by atoms with Gasteiger partial charge in [0, 0.05) is 11.8 Å². The van der Waals surface area contributed by atoms with Gasteiger partial charge in [0.25, 0.3) is 0 Å². The maximum Gasteiger partial charge on any atom is 0.236 e. The van der Waals surface area contributed by atoms with Crippen molar-refractivity contribution in [3.05, 3.63) is 35.4 Å². The van der Waals surface area contributed by atoms with Gasteiger partial charge in [-0.1, -0.05) is 24.3 Å². The second kappa shape index (κ2) is 5.56. The number of carbonyl (C=O) groups excluding carboxylic acids is 1. The van der Waals surface area contributed by atoms with Gasteiger partial charge in [-0.25, -0.2) is 0 Å². The van der Waals surface area contributed by atoms with Gasteiger partial charge in [-0.15, -0.1) is 0 Å². The van der Waals surface area contributed by atoms with Gasteiger partial charge in [-0.3, -0.25) is 4.79 Å². The van der Waals surface area contributed by atoms with Crippen molar-refractivity contribution in [1.29, 1.82) is 0 Å². The highest BCUT2D eigenvalue weighted by atomic mass is 32.2. The Morgan fingerprint density at radius 1 is 1.59 bits per heavy atom. The largest absolute Gasteiger partial charge is 0.353 e. The summed E-state index contributed by atoms with van der Waals surface area (Å²) in [6, 6.07) is 8.04. The van der Waals surface area contributed by atoms with E-state index < -0.39 is 6.04 Å². The van der Waals surface area contributed by atoms with Crippen LogP contribution in [0.25, 0.3) is 0 Å². The van der Waals surface area contributed by atoms with Crippen LogP contribution in [0.5, 0.6) is 0 Å². The first kappa shape index (κ1) is 12.5. The number of rotatable bonds is 3. The smallest absolute Gasteiger partial charge is 0.236 e. The first-order valence-electron chi connectivity index (χ1n) is 5.91. The van der Waals surface area contributed by atoms with Crippen molar-refractivity contribution < 1.29 is 4.79 Å². The average molecular weight is 250 g/mol. The quantitative estimate of drug-likeness (QED) is 0.854. The normalized spacial score (nSPS) is 20.5. The van der Waals surface area contributed by atoms with Crippen LogP contribution in [0.1, 0.15) is 23.3 Å². The van der Waals surface area contributed by atoms with E-state index in [2.05, 4.69) is 29.6 Å². The molecule has 0 aromatic heterocycles. The number of hydrogen-bond acceptors (Lipinski definition) is 3. The van der Waals surface area contributed by atoms with Crippen LogP contribution >= 0.6 is 11.8 Å². The summed E-state index contributed by atoms with van der Waals surface area (Å²) in [6.07, 6.45) is 1.12. The van der Waals surface area contributed by atoms with E-state index in [-0.39, 0.29) is 5.91 Å². The molecule has 17 heavy (non-hydrogen) atoms. The molecule has 0 saturated heterocycles. The van der Waals surface area contributed by atoms with Crippen molar-refractivity contribution in [1.82, 2.24) is 5.32 Å². The Balaban J connectivity index is 2.01. The van der Waals surface area contributed by atoms with Gasteiger partial charge in [-0.05, 0) is 30.2 Å². The third-order valence-corrected chi connectivity index (χ3v) is 4.23. The Kier molecular flexibility index (Phi) is 4.07. The third kappa shape index (κ3) is 3.01.